The summed E-state index contributed by atoms with van der Waals surface area (Å²) in [7, 11) is 0. The first-order valence-electron chi connectivity index (χ1n) is 6.72. The smallest absolute Gasteiger partial charge is 0.246 e. The minimum Gasteiger partial charge on any atom is -0.352 e. The zero-order chi connectivity index (χ0) is 11.8. The van der Waals surface area contributed by atoms with E-state index in [0.717, 1.165) is 31.4 Å². The molecule has 2 aliphatic rings. The van der Waals surface area contributed by atoms with Gasteiger partial charge in [0.1, 0.15) is 0 Å². The Bertz CT molecular complexity index is 394. The number of hydrogen-bond acceptors (Lipinski definition) is 4. The zero-order valence-electron chi connectivity index (χ0n) is 10.7. The normalized spacial score (nSPS) is 28.7. The summed E-state index contributed by atoms with van der Waals surface area (Å²) in [6, 6.07) is 0.947. The highest BCUT2D eigenvalue weighted by molar-refractivity contribution is 5.40. The van der Waals surface area contributed by atoms with E-state index in [1.165, 1.54) is 19.3 Å². The van der Waals surface area contributed by atoms with Gasteiger partial charge < -0.3 is 10.2 Å². The van der Waals surface area contributed by atoms with Gasteiger partial charge in [-0.2, -0.15) is 4.98 Å². The average molecular weight is 235 g/mol. The third-order valence-electron chi connectivity index (χ3n) is 3.75. The fourth-order valence-electron chi connectivity index (χ4n) is 2.84. The van der Waals surface area contributed by atoms with Crippen molar-refractivity contribution in [2.75, 3.05) is 23.3 Å². The second-order valence-electron chi connectivity index (χ2n) is 5.36. The Hall–Kier alpha value is -1.26. The summed E-state index contributed by atoms with van der Waals surface area (Å²) in [5.41, 5.74) is 0. The number of aromatic nitrogens is 3. The van der Waals surface area contributed by atoms with Crippen molar-refractivity contribution >= 4 is 11.9 Å². The summed E-state index contributed by atoms with van der Waals surface area (Å²) < 4.78 is 2.05. The van der Waals surface area contributed by atoms with Gasteiger partial charge in [-0.3, -0.25) is 0 Å². The maximum absolute atomic E-state index is 4.66. The van der Waals surface area contributed by atoms with Gasteiger partial charge in [-0.25, -0.2) is 4.68 Å². The average Bonchev–Trinajstić information content (AvgIpc) is 2.74. The Labute approximate surface area is 102 Å². The van der Waals surface area contributed by atoms with E-state index in [0.29, 0.717) is 12.1 Å². The van der Waals surface area contributed by atoms with Crippen molar-refractivity contribution in [2.45, 2.75) is 51.6 Å². The van der Waals surface area contributed by atoms with Gasteiger partial charge in [0.15, 0.2) is 0 Å². The summed E-state index contributed by atoms with van der Waals surface area (Å²) in [6.45, 7) is 6.63. The standard InChI is InChI=1S/C12H21N5/c1-9-8-10(2)17-11(13-9)14-12(15-17)16-6-4-3-5-7-16/h9-10H,3-8H2,1-2H3,(H,13,14,15). The Morgan fingerprint density at radius 2 is 1.94 bits per heavy atom. The monoisotopic (exact) mass is 235 g/mol. The molecule has 2 atom stereocenters. The van der Waals surface area contributed by atoms with Crippen LogP contribution in [0.1, 0.15) is 45.6 Å². The van der Waals surface area contributed by atoms with E-state index in [2.05, 4.69) is 34.1 Å². The quantitative estimate of drug-likeness (QED) is 0.809. The lowest BCUT2D eigenvalue weighted by molar-refractivity contribution is 0.411. The molecule has 1 saturated heterocycles. The minimum atomic E-state index is 0.451. The second-order valence-corrected chi connectivity index (χ2v) is 5.36. The highest BCUT2D eigenvalue weighted by Crippen LogP contribution is 2.27. The molecule has 0 spiro atoms. The highest BCUT2D eigenvalue weighted by atomic mass is 15.5. The highest BCUT2D eigenvalue weighted by Gasteiger charge is 2.25. The Kier molecular flexibility index (Phi) is 2.68. The molecule has 1 aromatic heterocycles. The molecule has 3 heterocycles. The van der Waals surface area contributed by atoms with Gasteiger partial charge in [0.25, 0.3) is 0 Å². The predicted octanol–water partition coefficient (Wildman–Crippen LogP) is 2.03. The molecule has 0 radical (unpaired) electrons. The topological polar surface area (TPSA) is 46.0 Å². The molecule has 1 fully saturated rings. The van der Waals surface area contributed by atoms with E-state index in [4.69, 9.17) is 0 Å². The van der Waals surface area contributed by atoms with Crippen LogP contribution in [-0.2, 0) is 0 Å². The van der Waals surface area contributed by atoms with Crippen molar-refractivity contribution in [3.05, 3.63) is 0 Å². The zero-order valence-corrected chi connectivity index (χ0v) is 10.7. The van der Waals surface area contributed by atoms with Gasteiger partial charge in [0.05, 0.1) is 6.04 Å². The fraction of sp³-hybridized carbons (Fsp3) is 0.833. The molecule has 3 rings (SSSR count). The third kappa shape index (κ3) is 1.98. The van der Waals surface area contributed by atoms with Gasteiger partial charge in [0.2, 0.25) is 11.9 Å². The first kappa shape index (κ1) is 10.9. The van der Waals surface area contributed by atoms with Crippen molar-refractivity contribution in [1.82, 2.24) is 14.8 Å². The molecule has 1 N–H and O–H groups in total. The molecule has 0 aliphatic carbocycles. The lowest BCUT2D eigenvalue weighted by Gasteiger charge is -2.26. The Balaban J connectivity index is 1.85. The van der Waals surface area contributed by atoms with Crippen LogP contribution in [0.15, 0.2) is 0 Å². The fourth-order valence-corrected chi connectivity index (χ4v) is 2.84. The van der Waals surface area contributed by atoms with E-state index in [-0.39, 0.29) is 0 Å². The number of rotatable bonds is 1. The van der Waals surface area contributed by atoms with E-state index in [9.17, 15) is 0 Å². The van der Waals surface area contributed by atoms with Gasteiger partial charge in [0, 0.05) is 19.1 Å². The molecule has 0 bridgehead atoms. The van der Waals surface area contributed by atoms with Gasteiger partial charge in [-0.05, 0) is 39.5 Å². The van der Waals surface area contributed by atoms with Crippen LogP contribution in [0.5, 0.6) is 0 Å². The molecular weight excluding hydrogens is 214 g/mol. The summed E-state index contributed by atoms with van der Waals surface area (Å²) in [6.07, 6.45) is 5.00. The number of nitrogens with zero attached hydrogens (tertiary/aromatic N) is 4. The van der Waals surface area contributed by atoms with E-state index < -0.39 is 0 Å². The molecule has 5 nitrogen and oxygen atoms in total. The van der Waals surface area contributed by atoms with Gasteiger partial charge >= 0.3 is 0 Å². The van der Waals surface area contributed by atoms with Crippen molar-refractivity contribution in [3.8, 4) is 0 Å². The van der Waals surface area contributed by atoms with Crippen LogP contribution in [0.25, 0.3) is 0 Å². The molecule has 1 aromatic rings. The van der Waals surface area contributed by atoms with Crippen LogP contribution in [0, 0.1) is 0 Å². The molecule has 2 unspecified atom stereocenters. The maximum Gasteiger partial charge on any atom is 0.246 e. The third-order valence-corrected chi connectivity index (χ3v) is 3.75. The minimum absolute atomic E-state index is 0.451. The number of hydrogen-bond donors (Lipinski definition) is 1. The first-order chi connectivity index (χ1) is 8.24. The van der Waals surface area contributed by atoms with Crippen LogP contribution < -0.4 is 10.2 Å². The number of fused-ring (bicyclic) bond motifs is 1. The van der Waals surface area contributed by atoms with Crippen molar-refractivity contribution in [2.24, 2.45) is 0 Å². The maximum atomic E-state index is 4.66. The van der Waals surface area contributed by atoms with Crippen LogP contribution in [0.2, 0.25) is 0 Å². The van der Waals surface area contributed by atoms with Crippen LogP contribution in [0.4, 0.5) is 11.9 Å². The van der Waals surface area contributed by atoms with Crippen molar-refractivity contribution in [3.63, 3.8) is 0 Å². The summed E-state index contributed by atoms with van der Waals surface area (Å²) in [5, 5.41) is 8.07. The van der Waals surface area contributed by atoms with E-state index in [1.54, 1.807) is 0 Å². The Morgan fingerprint density at radius 3 is 2.71 bits per heavy atom. The van der Waals surface area contributed by atoms with E-state index >= 15 is 0 Å². The molecule has 17 heavy (non-hydrogen) atoms. The predicted molar refractivity (Wildman–Crippen MR) is 68.5 cm³/mol. The number of piperidine rings is 1. The SMILES string of the molecule is CC1CC(C)n2nc(N3CCCCC3)nc2N1. The van der Waals surface area contributed by atoms with Crippen LogP contribution >= 0.6 is 0 Å². The number of anilines is 2. The molecular formula is C12H21N5. The lowest BCUT2D eigenvalue weighted by Crippen LogP contribution is -2.30. The van der Waals surface area contributed by atoms with E-state index in [1.807, 2.05) is 4.68 Å². The largest absolute Gasteiger partial charge is 0.352 e. The molecule has 0 amide bonds. The van der Waals surface area contributed by atoms with Crippen molar-refractivity contribution in [1.29, 1.82) is 0 Å². The molecule has 94 valence electrons. The van der Waals surface area contributed by atoms with Crippen molar-refractivity contribution < 1.29 is 0 Å². The van der Waals surface area contributed by atoms with Gasteiger partial charge in [-0.1, -0.05) is 0 Å². The van der Waals surface area contributed by atoms with Gasteiger partial charge in [-0.15, -0.1) is 5.10 Å². The molecule has 5 heteroatoms. The number of nitrogens with one attached hydrogen (secondary N) is 1. The second kappa shape index (κ2) is 4.20. The summed E-state index contributed by atoms with van der Waals surface area (Å²) >= 11 is 0. The first-order valence-corrected chi connectivity index (χ1v) is 6.72. The summed E-state index contributed by atoms with van der Waals surface area (Å²) in [5.74, 6) is 1.85. The molecule has 0 saturated carbocycles. The summed E-state index contributed by atoms with van der Waals surface area (Å²) in [4.78, 5) is 6.96. The molecule has 0 aromatic carbocycles. The van der Waals surface area contributed by atoms with Crippen LogP contribution in [-0.4, -0.2) is 33.9 Å². The molecule has 2 aliphatic heterocycles. The Morgan fingerprint density at radius 1 is 1.18 bits per heavy atom. The lowest BCUT2D eigenvalue weighted by atomic mass is 10.1. The van der Waals surface area contributed by atoms with Crippen LogP contribution in [0.3, 0.4) is 0 Å².